The molecule has 0 amide bonds. The van der Waals surface area contributed by atoms with Gasteiger partial charge in [0.25, 0.3) is 0 Å². The Labute approximate surface area is 103 Å². The standard InChI is InChI=1S/C14H22FNO/c1-10(9-17)12(3)16-11(2)7-13-5-4-6-14(15)8-13/h4-6,8,10-12,16-17H,7,9H2,1-3H3. The Kier molecular flexibility index (Phi) is 5.59. The molecule has 0 heterocycles. The predicted molar refractivity (Wildman–Crippen MR) is 68.4 cm³/mol. The van der Waals surface area contributed by atoms with Gasteiger partial charge in [-0.1, -0.05) is 19.1 Å². The number of nitrogens with one attached hydrogen (secondary N) is 1. The average Bonchev–Trinajstić information content (AvgIpc) is 2.27. The Hall–Kier alpha value is -0.930. The first-order valence-electron chi connectivity index (χ1n) is 6.14. The van der Waals surface area contributed by atoms with E-state index >= 15 is 0 Å². The number of halogens is 1. The van der Waals surface area contributed by atoms with Crippen LogP contribution in [0.5, 0.6) is 0 Å². The summed E-state index contributed by atoms with van der Waals surface area (Å²) in [5, 5.41) is 12.5. The molecule has 2 N–H and O–H groups in total. The highest BCUT2D eigenvalue weighted by atomic mass is 19.1. The maximum absolute atomic E-state index is 13.0. The number of aliphatic hydroxyl groups excluding tert-OH is 1. The number of rotatable bonds is 6. The molecule has 0 spiro atoms. The molecule has 0 aliphatic rings. The maximum atomic E-state index is 13.0. The minimum absolute atomic E-state index is 0.181. The van der Waals surface area contributed by atoms with E-state index in [2.05, 4.69) is 19.2 Å². The molecule has 3 heteroatoms. The molecule has 1 aromatic carbocycles. The zero-order valence-electron chi connectivity index (χ0n) is 10.8. The molecule has 1 aromatic rings. The van der Waals surface area contributed by atoms with E-state index in [4.69, 9.17) is 5.11 Å². The van der Waals surface area contributed by atoms with Crippen LogP contribution in [0.3, 0.4) is 0 Å². The molecule has 1 rings (SSSR count). The Morgan fingerprint density at radius 1 is 1.29 bits per heavy atom. The van der Waals surface area contributed by atoms with Crippen LogP contribution in [0, 0.1) is 11.7 Å². The van der Waals surface area contributed by atoms with Crippen molar-refractivity contribution in [2.45, 2.75) is 39.3 Å². The zero-order chi connectivity index (χ0) is 12.8. The van der Waals surface area contributed by atoms with Crippen LogP contribution in [-0.2, 0) is 6.42 Å². The third-order valence-electron chi connectivity index (χ3n) is 3.12. The van der Waals surface area contributed by atoms with Crippen molar-refractivity contribution in [3.05, 3.63) is 35.6 Å². The van der Waals surface area contributed by atoms with E-state index in [1.807, 2.05) is 13.0 Å². The van der Waals surface area contributed by atoms with Crippen molar-refractivity contribution in [2.75, 3.05) is 6.61 Å². The van der Waals surface area contributed by atoms with E-state index < -0.39 is 0 Å². The second-order valence-electron chi connectivity index (χ2n) is 4.85. The summed E-state index contributed by atoms with van der Waals surface area (Å²) in [5.74, 6) is 0.0384. The quantitative estimate of drug-likeness (QED) is 0.798. The van der Waals surface area contributed by atoms with E-state index in [0.717, 1.165) is 12.0 Å². The summed E-state index contributed by atoms with van der Waals surface area (Å²) in [5.41, 5.74) is 0.994. The summed E-state index contributed by atoms with van der Waals surface area (Å²) in [6.45, 7) is 6.32. The van der Waals surface area contributed by atoms with Crippen LogP contribution in [0.2, 0.25) is 0 Å². The molecule has 17 heavy (non-hydrogen) atoms. The molecule has 3 unspecified atom stereocenters. The Morgan fingerprint density at radius 3 is 2.59 bits per heavy atom. The van der Waals surface area contributed by atoms with Gasteiger partial charge >= 0.3 is 0 Å². The fourth-order valence-electron chi connectivity index (χ4n) is 1.85. The third kappa shape index (κ3) is 4.84. The van der Waals surface area contributed by atoms with Gasteiger partial charge in [-0.2, -0.15) is 0 Å². The first-order chi connectivity index (χ1) is 8.02. The van der Waals surface area contributed by atoms with Crippen LogP contribution in [0.15, 0.2) is 24.3 Å². The van der Waals surface area contributed by atoms with Crippen LogP contribution in [0.1, 0.15) is 26.3 Å². The molecule has 0 saturated heterocycles. The van der Waals surface area contributed by atoms with E-state index in [9.17, 15) is 4.39 Å². The first-order valence-corrected chi connectivity index (χ1v) is 6.14. The third-order valence-corrected chi connectivity index (χ3v) is 3.12. The molecule has 0 saturated carbocycles. The van der Waals surface area contributed by atoms with E-state index in [1.54, 1.807) is 12.1 Å². The topological polar surface area (TPSA) is 32.3 Å². The largest absolute Gasteiger partial charge is 0.396 e. The van der Waals surface area contributed by atoms with Gasteiger partial charge in [0.1, 0.15) is 5.82 Å². The Morgan fingerprint density at radius 2 is 2.00 bits per heavy atom. The minimum Gasteiger partial charge on any atom is -0.396 e. The Balaban J connectivity index is 2.47. The van der Waals surface area contributed by atoms with Gasteiger partial charge in [0, 0.05) is 18.7 Å². The SMILES string of the molecule is CC(Cc1cccc(F)c1)NC(C)C(C)CO. The lowest BCUT2D eigenvalue weighted by Gasteiger charge is -2.24. The summed E-state index contributed by atoms with van der Waals surface area (Å²) in [6.07, 6.45) is 0.792. The molecule has 0 aliphatic carbocycles. The molecular weight excluding hydrogens is 217 g/mol. The number of hydrogen-bond donors (Lipinski definition) is 2. The van der Waals surface area contributed by atoms with Crippen molar-refractivity contribution in [1.82, 2.24) is 5.32 Å². The first kappa shape index (κ1) is 14.1. The average molecular weight is 239 g/mol. The molecule has 2 nitrogen and oxygen atoms in total. The van der Waals surface area contributed by atoms with Crippen LogP contribution in [0.4, 0.5) is 4.39 Å². The van der Waals surface area contributed by atoms with Crippen molar-refractivity contribution < 1.29 is 9.50 Å². The number of aliphatic hydroxyl groups is 1. The van der Waals surface area contributed by atoms with E-state index in [-0.39, 0.29) is 30.4 Å². The molecule has 0 aromatic heterocycles. The van der Waals surface area contributed by atoms with Gasteiger partial charge in [-0.15, -0.1) is 0 Å². The van der Waals surface area contributed by atoms with Crippen LogP contribution < -0.4 is 5.32 Å². The highest BCUT2D eigenvalue weighted by molar-refractivity contribution is 5.17. The monoisotopic (exact) mass is 239 g/mol. The highest BCUT2D eigenvalue weighted by Crippen LogP contribution is 2.08. The van der Waals surface area contributed by atoms with Gasteiger partial charge in [-0.05, 0) is 43.9 Å². The van der Waals surface area contributed by atoms with Gasteiger partial charge < -0.3 is 10.4 Å². The molecule has 0 radical (unpaired) electrons. The normalized spacial score (nSPS) is 16.5. The van der Waals surface area contributed by atoms with Crippen molar-refractivity contribution >= 4 is 0 Å². The highest BCUT2D eigenvalue weighted by Gasteiger charge is 2.13. The van der Waals surface area contributed by atoms with Gasteiger partial charge in [-0.3, -0.25) is 0 Å². The lowest BCUT2D eigenvalue weighted by Crippen LogP contribution is -2.40. The predicted octanol–water partition coefficient (Wildman–Crippen LogP) is 2.36. The summed E-state index contributed by atoms with van der Waals surface area (Å²) in [7, 11) is 0. The second-order valence-corrected chi connectivity index (χ2v) is 4.85. The van der Waals surface area contributed by atoms with Crippen LogP contribution in [-0.4, -0.2) is 23.8 Å². The fourth-order valence-corrected chi connectivity index (χ4v) is 1.85. The molecule has 0 bridgehead atoms. The molecule has 0 aliphatic heterocycles. The summed E-state index contributed by atoms with van der Waals surface area (Å²) in [4.78, 5) is 0. The molecule has 3 atom stereocenters. The Bertz CT molecular complexity index is 343. The fraction of sp³-hybridized carbons (Fsp3) is 0.571. The van der Waals surface area contributed by atoms with Crippen molar-refractivity contribution in [3.63, 3.8) is 0 Å². The van der Waals surface area contributed by atoms with Crippen molar-refractivity contribution in [2.24, 2.45) is 5.92 Å². The summed E-state index contributed by atoms with van der Waals surface area (Å²) in [6, 6.07) is 7.21. The van der Waals surface area contributed by atoms with Crippen LogP contribution in [0.25, 0.3) is 0 Å². The van der Waals surface area contributed by atoms with E-state index in [1.165, 1.54) is 6.07 Å². The minimum atomic E-state index is -0.188. The van der Waals surface area contributed by atoms with Crippen molar-refractivity contribution in [3.8, 4) is 0 Å². The molecular formula is C14H22FNO. The number of benzene rings is 1. The lowest BCUT2D eigenvalue weighted by atomic mass is 10.0. The second kappa shape index (κ2) is 6.72. The smallest absolute Gasteiger partial charge is 0.123 e. The van der Waals surface area contributed by atoms with Crippen molar-refractivity contribution in [1.29, 1.82) is 0 Å². The van der Waals surface area contributed by atoms with Crippen LogP contribution >= 0.6 is 0 Å². The van der Waals surface area contributed by atoms with Gasteiger partial charge in [0.15, 0.2) is 0 Å². The van der Waals surface area contributed by atoms with Gasteiger partial charge in [-0.25, -0.2) is 4.39 Å². The zero-order valence-corrected chi connectivity index (χ0v) is 10.8. The van der Waals surface area contributed by atoms with Gasteiger partial charge in [0.2, 0.25) is 0 Å². The molecule has 0 fully saturated rings. The number of hydrogen-bond acceptors (Lipinski definition) is 2. The van der Waals surface area contributed by atoms with Gasteiger partial charge in [0.05, 0.1) is 0 Å². The summed E-state index contributed by atoms with van der Waals surface area (Å²) < 4.78 is 13.0. The summed E-state index contributed by atoms with van der Waals surface area (Å²) >= 11 is 0. The maximum Gasteiger partial charge on any atom is 0.123 e. The molecule has 96 valence electrons. The lowest BCUT2D eigenvalue weighted by molar-refractivity contribution is 0.202. The van der Waals surface area contributed by atoms with E-state index in [0.29, 0.717) is 0 Å².